The SMILES string of the molecule is COc1ccc(N2C(=O)NC3CC2(C)Oc2c(OC)cc(Br)cc23)cc1. The van der Waals surface area contributed by atoms with Gasteiger partial charge in [0.1, 0.15) is 5.75 Å². The number of ether oxygens (including phenoxy) is 3. The summed E-state index contributed by atoms with van der Waals surface area (Å²) in [5.74, 6) is 2.03. The lowest BCUT2D eigenvalue weighted by atomic mass is 9.90. The Balaban J connectivity index is 1.79. The van der Waals surface area contributed by atoms with Crippen molar-refractivity contribution in [1.82, 2.24) is 5.32 Å². The predicted octanol–water partition coefficient (Wildman–Crippen LogP) is 4.24. The number of nitrogens with one attached hydrogen (secondary N) is 1. The number of halogens is 1. The minimum Gasteiger partial charge on any atom is -0.497 e. The van der Waals surface area contributed by atoms with Crippen LogP contribution in [0.25, 0.3) is 0 Å². The summed E-state index contributed by atoms with van der Waals surface area (Å²) in [6.45, 7) is 1.92. The number of benzene rings is 2. The molecular formula is C19H19BrN2O4. The summed E-state index contributed by atoms with van der Waals surface area (Å²) >= 11 is 3.49. The average molecular weight is 419 g/mol. The van der Waals surface area contributed by atoms with Gasteiger partial charge >= 0.3 is 6.03 Å². The summed E-state index contributed by atoms with van der Waals surface area (Å²) in [6, 6.07) is 10.8. The van der Waals surface area contributed by atoms with Crippen molar-refractivity contribution < 1.29 is 19.0 Å². The molecule has 2 aromatic carbocycles. The summed E-state index contributed by atoms with van der Waals surface area (Å²) in [7, 11) is 3.22. The average Bonchev–Trinajstić information content (AvgIpc) is 2.62. The number of nitrogens with zero attached hydrogens (tertiary/aromatic N) is 1. The van der Waals surface area contributed by atoms with E-state index in [0.29, 0.717) is 17.9 Å². The van der Waals surface area contributed by atoms with E-state index in [1.165, 1.54) is 0 Å². The molecule has 0 aliphatic carbocycles. The molecule has 26 heavy (non-hydrogen) atoms. The third-order valence-corrected chi connectivity index (χ3v) is 5.31. The number of methoxy groups -OCH3 is 2. The number of hydrogen-bond donors (Lipinski definition) is 1. The molecule has 1 saturated heterocycles. The van der Waals surface area contributed by atoms with Crippen LogP contribution >= 0.6 is 15.9 Å². The van der Waals surface area contributed by atoms with Crippen molar-refractivity contribution in [3.63, 3.8) is 0 Å². The number of fused-ring (bicyclic) bond motifs is 4. The van der Waals surface area contributed by atoms with Gasteiger partial charge in [-0.3, -0.25) is 4.90 Å². The Morgan fingerprint density at radius 3 is 2.62 bits per heavy atom. The van der Waals surface area contributed by atoms with Crippen LogP contribution in [0.5, 0.6) is 17.2 Å². The molecule has 1 N–H and O–H groups in total. The lowest BCUT2D eigenvalue weighted by molar-refractivity contribution is 0.0349. The molecule has 2 aromatic rings. The van der Waals surface area contributed by atoms with Crippen molar-refractivity contribution in [1.29, 1.82) is 0 Å². The van der Waals surface area contributed by atoms with Gasteiger partial charge in [-0.2, -0.15) is 0 Å². The van der Waals surface area contributed by atoms with E-state index in [2.05, 4.69) is 21.2 Å². The quantitative estimate of drug-likeness (QED) is 0.809. The Hall–Kier alpha value is -2.41. The standard InChI is InChI=1S/C19H19BrN2O4/c1-19-10-15(14-8-11(20)9-16(25-3)17(14)26-19)21-18(23)22(19)12-4-6-13(24-2)7-5-12/h4-9,15H,10H2,1-3H3,(H,21,23). The molecule has 6 nitrogen and oxygen atoms in total. The first kappa shape index (κ1) is 17.0. The maximum absolute atomic E-state index is 12.9. The molecule has 0 saturated carbocycles. The third-order valence-electron chi connectivity index (χ3n) is 4.85. The second kappa shape index (κ2) is 6.09. The molecule has 2 aliphatic heterocycles. The molecule has 0 aromatic heterocycles. The number of hydrogen-bond acceptors (Lipinski definition) is 4. The topological polar surface area (TPSA) is 60.0 Å². The molecule has 0 radical (unpaired) electrons. The minimum absolute atomic E-state index is 0.142. The molecule has 1 fully saturated rings. The summed E-state index contributed by atoms with van der Waals surface area (Å²) in [6.07, 6.45) is 0.622. The zero-order valence-corrected chi connectivity index (χ0v) is 16.3. The van der Waals surface area contributed by atoms with Crippen LogP contribution in [0.15, 0.2) is 40.9 Å². The van der Waals surface area contributed by atoms with Crippen molar-refractivity contribution in [2.24, 2.45) is 0 Å². The molecule has 2 aliphatic rings. The third kappa shape index (κ3) is 2.58. The van der Waals surface area contributed by atoms with Crippen LogP contribution in [0.4, 0.5) is 10.5 Å². The first-order valence-electron chi connectivity index (χ1n) is 8.26. The molecule has 0 spiro atoms. The van der Waals surface area contributed by atoms with Crippen molar-refractivity contribution in [2.45, 2.75) is 25.1 Å². The van der Waals surface area contributed by atoms with Crippen molar-refractivity contribution in [3.8, 4) is 17.2 Å². The molecule has 2 amide bonds. The van der Waals surface area contributed by atoms with Crippen LogP contribution < -0.4 is 24.4 Å². The fourth-order valence-corrected chi connectivity index (χ4v) is 4.13. The normalized spacial score (nSPS) is 23.6. The highest BCUT2D eigenvalue weighted by molar-refractivity contribution is 9.10. The van der Waals surface area contributed by atoms with E-state index in [1.807, 2.05) is 43.3 Å². The second-order valence-corrected chi connectivity index (χ2v) is 7.46. The summed E-state index contributed by atoms with van der Waals surface area (Å²) < 4.78 is 17.9. The van der Waals surface area contributed by atoms with E-state index in [1.54, 1.807) is 19.1 Å². The number of carbonyl (C=O) groups excluding carboxylic acids is 1. The minimum atomic E-state index is -0.824. The van der Waals surface area contributed by atoms with Gasteiger partial charge in [0.25, 0.3) is 0 Å². The number of carbonyl (C=O) groups is 1. The van der Waals surface area contributed by atoms with Gasteiger partial charge in [-0.05, 0) is 43.3 Å². The lowest BCUT2D eigenvalue weighted by Gasteiger charge is -2.50. The van der Waals surface area contributed by atoms with E-state index in [4.69, 9.17) is 14.2 Å². The zero-order valence-electron chi connectivity index (χ0n) is 14.7. The first-order valence-corrected chi connectivity index (χ1v) is 9.06. The van der Waals surface area contributed by atoms with Crippen molar-refractivity contribution >= 4 is 27.6 Å². The number of anilines is 1. The maximum Gasteiger partial charge on any atom is 0.325 e. The molecular weight excluding hydrogens is 400 g/mol. The van der Waals surface area contributed by atoms with E-state index < -0.39 is 5.72 Å². The van der Waals surface area contributed by atoms with Gasteiger partial charge in [-0.25, -0.2) is 4.79 Å². The van der Waals surface area contributed by atoms with E-state index in [-0.39, 0.29) is 12.1 Å². The molecule has 2 bridgehead atoms. The van der Waals surface area contributed by atoms with Crippen molar-refractivity contribution in [2.75, 3.05) is 19.1 Å². The molecule has 2 unspecified atom stereocenters. The highest BCUT2D eigenvalue weighted by Gasteiger charge is 2.50. The van der Waals surface area contributed by atoms with Gasteiger partial charge < -0.3 is 19.5 Å². The van der Waals surface area contributed by atoms with E-state index in [0.717, 1.165) is 21.5 Å². The molecule has 7 heteroatoms. The van der Waals surface area contributed by atoms with E-state index in [9.17, 15) is 4.79 Å². The number of urea groups is 1. The lowest BCUT2D eigenvalue weighted by Crippen LogP contribution is -2.65. The van der Waals surface area contributed by atoms with E-state index >= 15 is 0 Å². The van der Waals surface area contributed by atoms with Crippen LogP contribution in [0, 0.1) is 0 Å². The largest absolute Gasteiger partial charge is 0.497 e. The first-order chi connectivity index (χ1) is 12.4. The Bertz CT molecular complexity index is 871. The summed E-state index contributed by atoms with van der Waals surface area (Å²) in [5.41, 5.74) is 0.829. The van der Waals surface area contributed by atoms with Crippen LogP contribution in [-0.2, 0) is 0 Å². The Morgan fingerprint density at radius 2 is 1.96 bits per heavy atom. The van der Waals surface area contributed by atoms with Crippen LogP contribution in [0.1, 0.15) is 24.9 Å². The smallest absolute Gasteiger partial charge is 0.325 e. The zero-order chi connectivity index (χ0) is 18.5. The number of amides is 2. The van der Waals surface area contributed by atoms with Gasteiger partial charge in [-0.15, -0.1) is 0 Å². The van der Waals surface area contributed by atoms with Gasteiger partial charge in [-0.1, -0.05) is 15.9 Å². The molecule has 2 heterocycles. The highest BCUT2D eigenvalue weighted by Crippen LogP contribution is 2.50. The number of rotatable bonds is 3. The van der Waals surface area contributed by atoms with Crippen LogP contribution in [-0.4, -0.2) is 26.0 Å². The molecule has 4 rings (SSSR count). The second-order valence-electron chi connectivity index (χ2n) is 6.54. The van der Waals surface area contributed by atoms with Crippen LogP contribution in [0.3, 0.4) is 0 Å². The summed E-state index contributed by atoms with van der Waals surface area (Å²) in [5, 5.41) is 3.08. The predicted molar refractivity (Wildman–Crippen MR) is 101 cm³/mol. The summed E-state index contributed by atoms with van der Waals surface area (Å²) in [4.78, 5) is 14.5. The Labute approximate surface area is 160 Å². The van der Waals surface area contributed by atoms with Crippen LogP contribution in [0.2, 0.25) is 0 Å². The maximum atomic E-state index is 12.9. The Kier molecular flexibility index (Phi) is 3.99. The van der Waals surface area contributed by atoms with Gasteiger partial charge in [0.15, 0.2) is 17.2 Å². The monoisotopic (exact) mass is 418 g/mol. The van der Waals surface area contributed by atoms with Gasteiger partial charge in [0.05, 0.1) is 20.3 Å². The Morgan fingerprint density at radius 1 is 1.23 bits per heavy atom. The highest BCUT2D eigenvalue weighted by atomic mass is 79.9. The fourth-order valence-electron chi connectivity index (χ4n) is 3.67. The molecule has 136 valence electrons. The van der Waals surface area contributed by atoms with Crippen molar-refractivity contribution in [3.05, 3.63) is 46.4 Å². The van der Waals surface area contributed by atoms with Gasteiger partial charge in [0, 0.05) is 22.1 Å². The molecule has 2 atom stereocenters. The van der Waals surface area contributed by atoms with Gasteiger partial charge in [0.2, 0.25) is 0 Å². The fraction of sp³-hybridized carbons (Fsp3) is 0.316.